The lowest BCUT2D eigenvalue weighted by Crippen LogP contribution is -2.48. The molecule has 0 unspecified atom stereocenters. The van der Waals surface area contributed by atoms with Crippen molar-refractivity contribution in [2.24, 2.45) is 0 Å². The van der Waals surface area contributed by atoms with Crippen LogP contribution in [0, 0.1) is 0 Å². The van der Waals surface area contributed by atoms with Crippen LogP contribution in [0.1, 0.15) is 20.8 Å². The predicted molar refractivity (Wildman–Crippen MR) is 80.8 cm³/mol. The lowest BCUT2D eigenvalue weighted by Gasteiger charge is -2.32. The third-order valence-electron chi connectivity index (χ3n) is 3.05. The van der Waals surface area contributed by atoms with Gasteiger partial charge in [-0.15, -0.1) is 0 Å². The van der Waals surface area contributed by atoms with Gasteiger partial charge in [0, 0.05) is 5.39 Å². The molecular weight excluding hydrogens is 290 g/mol. The summed E-state index contributed by atoms with van der Waals surface area (Å²) in [7, 11) is -4.15. The maximum Gasteiger partial charge on any atom is 0.421 e. The molecule has 0 spiro atoms. The van der Waals surface area contributed by atoms with Gasteiger partial charge in [0.05, 0.1) is 10.4 Å². The smallest absolute Gasteiger partial charge is 0.421 e. The summed E-state index contributed by atoms with van der Waals surface area (Å²) in [6.45, 7) is 4.64. The number of sulfonamides is 1. The van der Waals surface area contributed by atoms with Crippen LogP contribution in [0.5, 0.6) is 0 Å². The number of hydrogen-bond acceptors (Lipinski definition) is 3. The third kappa shape index (κ3) is 2.71. The summed E-state index contributed by atoms with van der Waals surface area (Å²) in [6, 6.07) is 11.8. The molecule has 2 aromatic rings. The van der Waals surface area contributed by atoms with Crippen LogP contribution in [0.4, 0.5) is 4.79 Å². The largest absolute Gasteiger partial charge is 0.464 e. The van der Waals surface area contributed by atoms with Crippen molar-refractivity contribution in [1.29, 1.82) is 0 Å². The fraction of sp³-hybridized carbons (Fsp3) is 0.267. The van der Waals surface area contributed by atoms with Crippen molar-refractivity contribution in [3.8, 4) is 0 Å². The number of carboxylic acid groups (broad SMARTS) is 1. The van der Waals surface area contributed by atoms with Gasteiger partial charge in [-0.2, -0.15) is 4.31 Å². The van der Waals surface area contributed by atoms with Crippen LogP contribution in [0.25, 0.3) is 10.8 Å². The van der Waals surface area contributed by atoms with E-state index in [0.717, 1.165) is 5.39 Å². The fourth-order valence-corrected chi connectivity index (χ4v) is 4.11. The number of nitrogens with zero attached hydrogens (tertiary/aromatic N) is 1. The summed E-state index contributed by atoms with van der Waals surface area (Å²) in [5, 5.41) is 10.6. The van der Waals surface area contributed by atoms with Crippen LogP contribution in [0.2, 0.25) is 0 Å². The minimum atomic E-state index is -4.15. The van der Waals surface area contributed by atoms with Gasteiger partial charge in [-0.3, -0.25) is 0 Å². The second kappa shape index (κ2) is 5.04. The zero-order valence-electron chi connectivity index (χ0n) is 12.1. The molecule has 6 heteroatoms. The summed E-state index contributed by atoms with van der Waals surface area (Å²) in [4.78, 5) is 11.4. The summed E-state index contributed by atoms with van der Waals surface area (Å²) >= 11 is 0. The Hall–Kier alpha value is -2.08. The highest BCUT2D eigenvalue weighted by Gasteiger charge is 2.38. The van der Waals surface area contributed by atoms with Crippen LogP contribution in [0.15, 0.2) is 47.4 Å². The molecule has 21 heavy (non-hydrogen) atoms. The Labute approximate surface area is 123 Å². The van der Waals surface area contributed by atoms with Crippen molar-refractivity contribution < 1.29 is 18.3 Å². The number of benzene rings is 2. The number of rotatable bonds is 2. The van der Waals surface area contributed by atoms with E-state index < -0.39 is 21.7 Å². The van der Waals surface area contributed by atoms with Crippen molar-refractivity contribution in [3.05, 3.63) is 42.5 Å². The molecule has 0 aliphatic carbocycles. The first-order valence-electron chi connectivity index (χ1n) is 6.42. The first kappa shape index (κ1) is 15.3. The minimum Gasteiger partial charge on any atom is -0.464 e. The molecular formula is C15H17NO4S. The Morgan fingerprint density at radius 3 is 2.19 bits per heavy atom. The van der Waals surface area contributed by atoms with Gasteiger partial charge in [-0.05, 0) is 32.2 Å². The van der Waals surface area contributed by atoms with Gasteiger partial charge in [-0.1, -0.05) is 36.4 Å². The Bertz CT molecular complexity index is 785. The minimum absolute atomic E-state index is 0.00192. The van der Waals surface area contributed by atoms with Gasteiger partial charge >= 0.3 is 6.09 Å². The highest BCUT2D eigenvalue weighted by atomic mass is 32.2. The van der Waals surface area contributed by atoms with E-state index in [4.69, 9.17) is 0 Å². The fourth-order valence-electron chi connectivity index (χ4n) is 2.27. The summed E-state index contributed by atoms with van der Waals surface area (Å²) in [5.74, 6) is 0. The zero-order valence-corrected chi connectivity index (χ0v) is 12.9. The molecule has 0 fully saturated rings. The van der Waals surface area contributed by atoms with Crippen molar-refractivity contribution in [2.45, 2.75) is 31.2 Å². The van der Waals surface area contributed by atoms with Crippen LogP contribution in [-0.4, -0.2) is 29.5 Å². The molecule has 112 valence electrons. The molecule has 0 aromatic heterocycles. The highest BCUT2D eigenvalue weighted by molar-refractivity contribution is 7.90. The Balaban J connectivity index is 2.75. The van der Waals surface area contributed by atoms with E-state index in [1.807, 2.05) is 0 Å². The molecule has 0 atom stereocenters. The number of carbonyl (C=O) groups is 1. The van der Waals surface area contributed by atoms with E-state index in [9.17, 15) is 18.3 Å². The average molecular weight is 307 g/mol. The van der Waals surface area contributed by atoms with E-state index in [1.165, 1.54) is 6.07 Å². The molecule has 0 radical (unpaired) electrons. The molecule has 0 bridgehead atoms. The van der Waals surface area contributed by atoms with Crippen molar-refractivity contribution in [2.75, 3.05) is 0 Å². The Morgan fingerprint density at radius 2 is 1.62 bits per heavy atom. The van der Waals surface area contributed by atoms with Crippen LogP contribution < -0.4 is 0 Å². The molecule has 0 saturated heterocycles. The molecule has 5 nitrogen and oxygen atoms in total. The van der Waals surface area contributed by atoms with Gasteiger partial charge < -0.3 is 5.11 Å². The summed E-state index contributed by atoms with van der Waals surface area (Å²) < 4.78 is 26.1. The average Bonchev–Trinajstić information content (AvgIpc) is 2.35. The first-order valence-corrected chi connectivity index (χ1v) is 7.86. The molecule has 2 aromatic carbocycles. The van der Waals surface area contributed by atoms with Gasteiger partial charge in [0.25, 0.3) is 10.0 Å². The van der Waals surface area contributed by atoms with Gasteiger partial charge in [0.15, 0.2) is 0 Å². The Morgan fingerprint density at radius 1 is 1.05 bits per heavy atom. The maximum atomic E-state index is 12.8. The lowest BCUT2D eigenvalue weighted by atomic mass is 10.1. The Kier molecular flexibility index (Phi) is 3.67. The summed E-state index contributed by atoms with van der Waals surface area (Å²) in [6.07, 6.45) is -1.49. The van der Waals surface area contributed by atoms with Gasteiger partial charge in [0.1, 0.15) is 0 Å². The number of amides is 1. The number of hydrogen-bond donors (Lipinski definition) is 1. The highest BCUT2D eigenvalue weighted by Crippen LogP contribution is 2.29. The molecule has 1 N–H and O–H groups in total. The van der Waals surface area contributed by atoms with E-state index >= 15 is 0 Å². The van der Waals surface area contributed by atoms with Crippen molar-refractivity contribution in [3.63, 3.8) is 0 Å². The molecule has 0 aliphatic heterocycles. The van der Waals surface area contributed by atoms with E-state index in [0.29, 0.717) is 9.69 Å². The van der Waals surface area contributed by atoms with E-state index in [2.05, 4.69) is 0 Å². The standard InChI is InChI=1S/C15H17NO4S/c1-15(2,3)16(14(17)18)21(19,20)13-10-6-8-11-7-4-5-9-12(11)13/h4-10H,1-3H3,(H,17,18). The second-order valence-electron chi connectivity index (χ2n) is 5.70. The van der Waals surface area contributed by atoms with Crippen molar-refractivity contribution in [1.82, 2.24) is 4.31 Å². The zero-order chi connectivity index (χ0) is 15.8. The molecule has 1 amide bonds. The second-order valence-corrected chi connectivity index (χ2v) is 7.46. The SMILES string of the molecule is CC(C)(C)N(C(=O)O)S(=O)(=O)c1cccc2ccccc12. The number of fused-ring (bicyclic) bond motifs is 1. The third-order valence-corrected chi connectivity index (χ3v) is 5.15. The van der Waals surface area contributed by atoms with Gasteiger partial charge in [0.2, 0.25) is 0 Å². The molecule has 0 heterocycles. The normalized spacial score (nSPS) is 12.3. The quantitative estimate of drug-likeness (QED) is 0.923. The molecule has 0 aliphatic rings. The van der Waals surface area contributed by atoms with Crippen LogP contribution >= 0.6 is 0 Å². The van der Waals surface area contributed by atoms with Gasteiger partial charge in [-0.25, -0.2) is 13.2 Å². The lowest BCUT2D eigenvalue weighted by molar-refractivity contribution is 0.146. The topological polar surface area (TPSA) is 74.7 Å². The summed E-state index contributed by atoms with van der Waals surface area (Å²) in [5.41, 5.74) is -1.07. The molecule has 2 rings (SSSR count). The van der Waals surface area contributed by atoms with Crippen LogP contribution in [0.3, 0.4) is 0 Å². The first-order chi connectivity index (χ1) is 9.65. The van der Waals surface area contributed by atoms with Crippen molar-refractivity contribution >= 4 is 26.9 Å². The van der Waals surface area contributed by atoms with Crippen LogP contribution in [-0.2, 0) is 10.0 Å². The maximum absolute atomic E-state index is 12.8. The predicted octanol–water partition coefficient (Wildman–Crippen LogP) is 3.31. The molecule has 0 saturated carbocycles. The monoisotopic (exact) mass is 307 g/mol. The van der Waals surface area contributed by atoms with E-state index in [-0.39, 0.29) is 4.90 Å². The van der Waals surface area contributed by atoms with E-state index in [1.54, 1.807) is 57.2 Å².